The Kier molecular flexibility index (Phi) is 7.37. The number of amides is 1. The molecule has 1 N–H and O–H groups in total. The molecule has 1 aliphatic carbocycles. The smallest absolute Gasteiger partial charge is 0.234 e. The average molecular weight is 408 g/mol. The van der Waals surface area contributed by atoms with Gasteiger partial charge in [0, 0.05) is 44.4 Å². The van der Waals surface area contributed by atoms with Crippen molar-refractivity contribution >= 4 is 11.6 Å². The van der Waals surface area contributed by atoms with Gasteiger partial charge >= 0.3 is 0 Å². The Bertz CT molecular complexity index is 751. The van der Waals surface area contributed by atoms with Crippen molar-refractivity contribution in [2.75, 3.05) is 37.6 Å². The van der Waals surface area contributed by atoms with E-state index < -0.39 is 17.5 Å². The van der Waals surface area contributed by atoms with Crippen LogP contribution in [0, 0.1) is 34.7 Å². The Morgan fingerprint density at radius 2 is 1.69 bits per heavy atom. The summed E-state index contributed by atoms with van der Waals surface area (Å²) in [6.07, 6.45) is 5.03. The summed E-state index contributed by atoms with van der Waals surface area (Å²) in [7, 11) is 0. The molecule has 0 spiro atoms. The first-order chi connectivity index (χ1) is 14.0. The molecule has 0 atom stereocenters. The Labute approximate surface area is 169 Å². The number of nitriles is 1. The molecule has 0 unspecified atom stereocenters. The third kappa shape index (κ3) is 5.86. The quantitative estimate of drug-likeness (QED) is 0.735. The van der Waals surface area contributed by atoms with Crippen molar-refractivity contribution in [2.45, 2.75) is 44.6 Å². The highest BCUT2D eigenvalue weighted by atomic mass is 19.2. The van der Waals surface area contributed by atoms with Gasteiger partial charge in [-0.05, 0) is 44.6 Å². The predicted molar refractivity (Wildman–Crippen MR) is 104 cm³/mol. The van der Waals surface area contributed by atoms with Crippen molar-refractivity contribution in [2.24, 2.45) is 5.92 Å². The number of nitrogens with one attached hydrogen (secondary N) is 1. The van der Waals surface area contributed by atoms with Crippen molar-refractivity contribution in [3.63, 3.8) is 0 Å². The minimum absolute atomic E-state index is 0.0830. The van der Waals surface area contributed by atoms with E-state index in [0.717, 1.165) is 57.8 Å². The van der Waals surface area contributed by atoms with E-state index in [-0.39, 0.29) is 24.1 Å². The zero-order chi connectivity index (χ0) is 20.8. The highest BCUT2D eigenvalue weighted by Crippen LogP contribution is 2.28. The van der Waals surface area contributed by atoms with E-state index in [0.29, 0.717) is 25.1 Å². The van der Waals surface area contributed by atoms with E-state index in [1.807, 2.05) is 6.07 Å². The summed E-state index contributed by atoms with van der Waals surface area (Å²) in [5, 5.41) is 11.5. The second-order valence-electron chi connectivity index (χ2n) is 7.96. The molecule has 0 bridgehead atoms. The first-order valence-corrected chi connectivity index (χ1v) is 10.2. The molecule has 158 valence electrons. The van der Waals surface area contributed by atoms with Gasteiger partial charge in [0.05, 0.1) is 11.8 Å². The zero-order valence-electron chi connectivity index (χ0n) is 16.5. The molecule has 8 heteroatoms. The van der Waals surface area contributed by atoms with Gasteiger partial charge in [0.1, 0.15) is 12.2 Å². The van der Waals surface area contributed by atoms with E-state index in [1.54, 1.807) is 4.90 Å². The van der Waals surface area contributed by atoms with Gasteiger partial charge < -0.3 is 10.2 Å². The van der Waals surface area contributed by atoms with Crippen LogP contribution < -0.4 is 10.2 Å². The maximum absolute atomic E-state index is 14.0. The number of benzene rings is 1. The number of halogens is 3. The van der Waals surface area contributed by atoms with Gasteiger partial charge in [-0.1, -0.05) is 0 Å². The van der Waals surface area contributed by atoms with E-state index in [4.69, 9.17) is 5.26 Å². The van der Waals surface area contributed by atoms with Crippen molar-refractivity contribution in [1.29, 1.82) is 5.26 Å². The molecule has 1 heterocycles. The molecule has 1 aromatic carbocycles. The number of carbonyl (C=O) groups is 1. The fourth-order valence-electron chi connectivity index (χ4n) is 4.28. The number of hydrogen-bond donors (Lipinski definition) is 1. The van der Waals surface area contributed by atoms with Crippen molar-refractivity contribution in [1.82, 2.24) is 10.2 Å². The van der Waals surface area contributed by atoms with E-state index in [9.17, 15) is 18.0 Å². The van der Waals surface area contributed by atoms with Crippen LogP contribution in [0.4, 0.5) is 18.9 Å². The molecule has 0 aromatic heterocycles. The molecule has 1 saturated carbocycles. The van der Waals surface area contributed by atoms with Crippen LogP contribution in [0.2, 0.25) is 0 Å². The highest BCUT2D eigenvalue weighted by molar-refractivity contribution is 5.78. The number of anilines is 1. The van der Waals surface area contributed by atoms with Gasteiger partial charge in [0.15, 0.2) is 11.6 Å². The molecule has 2 aliphatic rings. The molecule has 3 rings (SSSR count). The standard InChI is InChI=1S/C21H27F3N4O/c22-17-13-19(24)20(14-18(17)23)28-11-9-27(10-12-28)8-6-15-1-3-16(4-2-15)26-21(29)5-7-25/h13-16H,1-6,8-12H2,(H,26,29)/t15-,16-. The fourth-order valence-corrected chi connectivity index (χ4v) is 4.28. The van der Waals surface area contributed by atoms with Crippen molar-refractivity contribution in [3.8, 4) is 6.07 Å². The SMILES string of the molecule is N#CCC(=O)N[C@H]1CC[C@H](CCN2CCN(c3cc(F)c(F)cc3F)CC2)CC1. The molecular weight excluding hydrogens is 381 g/mol. The summed E-state index contributed by atoms with van der Waals surface area (Å²) in [4.78, 5) is 15.6. The van der Waals surface area contributed by atoms with E-state index in [1.165, 1.54) is 0 Å². The van der Waals surface area contributed by atoms with Crippen LogP contribution in [0.25, 0.3) is 0 Å². The minimum atomic E-state index is -1.16. The van der Waals surface area contributed by atoms with Crippen molar-refractivity contribution in [3.05, 3.63) is 29.6 Å². The van der Waals surface area contributed by atoms with Gasteiger partial charge in [-0.15, -0.1) is 0 Å². The summed E-state index contributed by atoms with van der Waals surface area (Å²) < 4.78 is 40.5. The molecule has 1 aromatic rings. The first-order valence-electron chi connectivity index (χ1n) is 10.2. The molecular formula is C21H27F3N4O. The summed E-state index contributed by atoms with van der Waals surface area (Å²) in [6, 6.07) is 3.60. The summed E-state index contributed by atoms with van der Waals surface area (Å²) in [6.45, 7) is 3.65. The summed E-state index contributed by atoms with van der Waals surface area (Å²) in [5.74, 6) is -2.48. The Hall–Kier alpha value is -2.27. The lowest BCUT2D eigenvalue weighted by molar-refractivity contribution is -0.121. The number of nitrogens with zero attached hydrogens (tertiary/aromatic N) is 3. The van der Waals surface area contributed by atoms with Crippen LogP contribution in [0.1, 0.15) is 38.5 Å². The lowest BCUT2D eigenvalue weighted by atomic mass is 9.84. The first kappa shape index (κ1) is 21.4. The van der Waals surface area contributed by atoms with Gasteiger partial charge in [-0.25, -0.2) is 13.2 Å². The van der Waals surface area contributed by atoms with Crippen LogP contribution in [-0.4, -0.2) is 49.6 Å². The zero-order valence-corrected chi connectivity index (χ0v) is 16.5. The van der Waals surface area contributed by atoms with Crippen LogP contribution in [-0.2, 0) is 4.79 Å². The molecule has 2 fully saturated rings. The molecule has 1 aliphatic heterocycles. The third-order valence-electron chi connectivity index (χ3n) is 6.01. The van der Waals surface area contributed by atoms with Gasteiger partial charge in [0.25, 0.3) is 0 Å². The van der Waals surface area contributed by atoms with Crippen LogP contribution >= 0.6 is 0 Å². The second kappa shape index (κ2) is 9.97. The van der Waals surface area contributed by atoms with E-state index in [2.05, 4.69) is 10.2 Å². The molecule has 1 amide bonds. The Balaban J connectivity index is 1.37. The van der Waals surface area contributed by atoms with Crippen molar-refractivity contribution < 1.29 is 18.0 Å². The van der Waals surface area contributed by atoms with E-state index >= 15 is 0 Å². The minimum Gasteiger partial charge on any atom is -0.367 e. The molecule has 29 heavy (non-hydrogen) atoms. The monoisotopic (exact) mass is 408 g/mol. The molecule has 5 nitrogen and oxygen atoms in total. The number of rotatable bonds is 6. The lowest BCUT2D eigenvalue weighted by Gasteiger charge is -2.37. The van der Waals surface area contributed by atoms with Gasteiger partial charge in [0.2, 0.25) is 5.91 Å². The largest absolute Gasteiger partial charge is 0.367 e. The van der Waals surface area contributed by atoms with Crippen LogP contribution in [0.3, 0.4) is 0 Å². The maximum Gasteiger partial charge on any atom is 0.234 e. The fraction of sp³-hybridized carbons (Fsp3) is 0.619. The lowest BCUT2D eigenvalue weighted by Crippen LogP contribution is -2.47. The normalized spacial score (nSPS) is 22.9. The molecule has 0 radical (unpaired) electrons. The average Bonchev–Trinajstić information content (AvgIpc) is 2.71. The summed E-state index contributed by atoms with van der Waals surface area (Å²) >= 11 is 0. The topological polar surface area (TPSA) is 59.4 Å². The predicted octanol–water partition coefficient (Wildman–Crippen LogP) is 3.20. The second-order valence-corrected chi connectivity index (χ2v) is 7.96. The van der Waals surface area contributed by atoms with Gasteiger partial charge in [-0.2, -0.15) is 5.26 Å². The maximum atomic E-state index is 14.0. The van der Waals surface area contributed by atoms with Crippen LogP contribution in [0.5, 0.6) is 0 Å². The Morgan fingerprint density at radius 1 is 1.03 bits per heavy atom. The third-order valence-corrected chi connectivity index (χ3v) is 6.01. The van der Waals surface area contributed by atoms with Crippen LogP contribution in [0.15, 0.2) is 12.1 Å². The number of hydrogen-bond acceptors (Lipinski definition) is 4. The summed E-state index contributed by atoms with van der Waals surface area (Å²) in [5.41, 5.74) is 0.125. The Morgan fingerprint density at radius 3 is 2.34 bits per heavy atom. The number of piperazine rings is 1. The highest BCUT2D eigenvalue weighted by Gasteiger charge is 2.25. The van der Waals surface area contributed by atoms with Gasteiger partial charge in [-0.3, -0.25) is 9.69 Å². The molecule has 1 saturated heterocycles. The number of carbonyl (C=O) groups excluding carboxylic acids is 1.